The highest BCUT2D eigenvalue weighted by Crippen LogP contribution is 2.29. The highest BCUT2D eigenvalue weighted by molar-refractivity contribution is 7.18. The van der Waals surface area contributed by atoms with Gasteiger partial charge in [0.2, 0.25) is 0 Å². The van der Waals surface area contributed by atoms with Gasteiger partial charge in [-0.2, -0.15) is 0 Å². The first-order valence-corrected chi connectivity index (χ1v) is 10.1. The number of amides is 2. The number of aromatic nitrogens is 1. The summed E-state index contributed by atoms with van der Waals surface area (Å²) in [5, 5.41) is 7.22. The minimum atomic E-state index is -0.109. The second kappa shape index (κ2) is 8.15. The Kier molecular flexibility index (Phi) is 5.91. The summed E-state index contributed by atoms with van der Waals surface area (Å²) >= 11 is 1.70. The number of likely N-dealkylation sites (tertiary alicyclic amines) is 1. The van der Waals surface area contributed by atoms with Crippen molar-refractivity contribution in [3.05, 3.63) is 23.2 Å². The Morgan fingerprint density at radius 2 is 2.12 bits per heavy atom. The highest BCUT2D eigenvalue weighted by Gasteiger charge is 2.20. The summed E-state index contributed by atoms with van der Waals surface area (Å²) in [6.07, 6.45) is 3.25. The molecule has 0 unspecified atom stereocenters. The first-order valence-electron chi connectivity index (χ1n) is 9.25. The fraction of sp³-hybridized carbons (Fsp3) is 0.579. The topological polar surface area (TPSA) is 57.3 Å². The largest absolute Gasteiger partial charge is 0.335 e. The van der Waals surface area contributed by atoms with E-state index in [4.69, 9.17) is 0 Å². The van der Waals surface area contributed by atoms with Crippen LogP contribution in [0.25, 0.3) is 10.2 Å². The van der Waals surface area contributed by atoms with Crippen LogP contribution in [0, 0.1) is 0 Å². The maximum absolute atomic E-state index is 12.3. The third-order valence-corrected chi connectivity index (χ3v) is 5.94. The maximum Gasteiger partial charge on any atom is 0.319 e. The van der Waals surface area contributed by atoms with Crippen LogP contribution in [0.3, 0.4) is 0 Å². The Labute approximate surface area is 153 Å². The molecule has 1 aliphatic rings. The number of piperidine rings is 1. The number of urea groups is 1. The van der Waals surface area contributed by atoms with Gasteiger partial charge in [-0.25, -0.2) is 9.78 Å². The van der Waals surface area contributed by atoms with Crippen molar-refractivity contribution in [3.63, 3.8) is 0 Å². The van der Waals surface area contributed by atoms with Crippen molar-refractivity contribution in [2.24, 2.45) is 0 Å². The Balaban J connectivity index is 1.55. The molecule has 2 aromatic rings. The number of fused-ring (bicyclic) bond motifs is 1. The molecule has 2 amide bonds. The average Bonchev–Trinajstić information content (AvgIpc) is 3.00. The maximum atomic E-state index is 12.3. The van der Waals surface area contributed by atoms with E-state index in [9.17, 15) is 4.79 Å². The molecule has 1 aromatic heterocycles. The van der Waals surface area contributed by atoms with Gasteiger partial charge in [0.05, 0.1) is 15.2 Å². The van der Waals surface area contributed by atoms with E-state index >= 15 is 0 Å². The van der Waals surface area contributed by atoms with Crippen LogP contribution in [0.15, 0.2) is 18.2 Å². The third kappa shape index (κ3) is 4.70. The summed E-state index contributed by atoms with van der Waals surface area (Å²) in [7, 11) is 0. The zero-order valence-electron chi connectivity index (χ0n) is 15.3. The van der Waals surface area contributed by atoms with Crippen LogP contribution in [0.5, 0.6) is 0 Å². The van der Waals surface area contributed by atoms with Crippen LogP contribution in [-0.4, -0.2) is 41.6 Å². The highest BCUT2D eigenvalue weighted by atomic mass is 32.1. The molecule has 0 radical (unpaired) electrons. The van der Waals surface area contributed by atoms with E-state index in [0.717, 1.165) is 53.4 Å². The number of hydrogen-bond donors (Lipinski definition) is 2. The zero-order chi connectivity index (χ0) is 17.8. The van der Waals surface area contributed by atoms with Crippen LogP contribution in [0.2, 0.25) is 0 Å². The lowest BCUT2D eigenvalue weighted by Crippen LogP contribution is -2.46. The minimum Gasteiger partial charge on any atom is -0.335 e. The van der Waals surface area contributed by atoms with E-state index in [1.807, 2.05) is 18.2 Å². The Hall–Kier alpha value is -1.66. The van der Waals surface area contributed by atoms with Crippen molar-refractivity contribution in [3.8, 4) is 0 Å². The number of anilines is 1. The fourth-order valence-corrected chi connectivity index (χ4v) is 4.25. The lowest BCUT2D eigenvalue weighted by atomic mass is 10.1. The molecule has 2 N–H and O–H groups in total. The normalized spacial score (nSPS) is 16.5. The van der Waals surface area contributed by atoms with Gasteiger partial charge < -0.3 is 15.5 Å². The molecular formula is C19H28N4OS. The molecule has 5 nitrogen and oxygen atoms in total. The van der Waals surface area contributed by atoms with Gasteiger partial charge in [0.25, 0.3) is 0 Å². The van der Waals surface area contributed by atoms with Gasteiger partial charge in [0, 0.05) is 30.7 Å². The molecule has 3 rings (SSSR count). The molecule has 0 spiro atoms. The van der Waals surface area contributed by atoms with Crippen molar-refractivity contribution >= 4 is 33.3 Å². The SMILES string of the molecule is CCCN1CCC(NC(=O)Nc2ccc3nc(C(C)C)sc3c2)CC1. The van der Waals surface area contributed by atoms with Crippen LogP contribution in [0.1, 0.15) is 51.0 Å². The van der Waals surface area contributed by atoms with Crippen molar-refractivity contribution in [2.45, 2.75) is 52.0 Å². The van der Waals surface area contributed by atoms with Crippen LogP contribution >= 0.6 is 11.3 Å². The molecule has 6 heteroatoms. The number of carbonyl (C=O) groups excluding carboxylic acids is 1. The molecular weight excluding hydrogens is 332 g/mol. The van der Waals surface area contributed by atoms with Crippen LogP contribution in [-0.2, 0) is 0 Å². The average molecular weight is 361 g/mol. The van der Waals surface area contributed by atoms with Crippen molar-refractivity contribution in [2.75, 3.05) is 25.0 Å². The lowest BCUT2D eigenvalue weighted by Gasteiger charge is -2.32. The summed E-state index contributed by atoms with van der Waals surface area (Å²) in [6.45, 7) is 9.81. The number of benzene rings is 1. The van der Waals surface area contributed by atoms with Gasteiger partial charge in [-0.15, -0.1) is 11.3 Å². The van der Waals surface area contributed by atoms with E-state index in [2.05, 4.69) is 41.3 Å². The molecule has 0 bridgehead atoms. The predicted molar refractivity (Wildman–Crippen MR) is 106 cm³/mol. The zero-order valence-corrected chi connectivity index (χ0v) is 16.2. The predicted octanol–water partition coefficient (Wildman–Crippen LogP) is 4.42. The molecule has 2 heterocycles. The molecule has 136 valence electrons. The Morgan fingerprint density at radius 1 is 1.36 bits per heavy atom. The quantitative estimate of drug-likeness (QED) is 0.830. The summed E-state index contributed by atoms with van der Waals surface area (Å²) in [6, 6.07) is 6.09. The number of rotatable bonds is 5. The molecule has 1 fully saturated rings. The number of thiazole rings is 1. The van der Waals surface area contributed by atoms with E-state index in [1.165, 1.54) is 6.42 Å². The molecule has 1 aliphatic heterocycles. The molecule has 1 saturated heterocycles. The van der Waals surface area contributed by atoms with Gasteiger partial charge in [-0.1, -0.05) is 20.8 Å². The van der Waals surface area contributed by atoms with Gasteiger partial charge in [0.15, 0.2) is 0 Å². The van der Waals surface area contributed by atoms with E-state index in [0.29, 0.717) is 5.92 Å². The molecule has 1 aromatic carbocycles. The number of nitrogens with one attached hydrogen (secondary N) is 2. The standard InChI is InChI=1S/C19H28N4OS/c1-4-9-23-10-7-14(8-11-23)20-19(24)21-15-5-6-16-17(12-15)25-18(22-16)13(2)3/h5-6,12-14H,4,7-11H2,1-3H3,(H2,20,21,24). The van der Waals surface area contributed by atoms with Crippen molar-refractivity contribution < 1.29 is 4.79 Å². The molecule has 0 atom stereocenters. The van der Waals surface area contributed by atoms with Crippen LogP contribution in [0.4, 0.5) is 10.5 Å². The minimum absolute atomic E-state index is 0.109. The smallest absolute Gasteiger partial charge is 0.319 e. The lowest BCUT2D eigenvalue weighted by molar-refractivity contribution is 0.196. The third-order valence-electron chi connectivity index (χ3n) is 4.62. The van der Waals surface area contributed by atoms with E-state index in [1.54, 1.807) is 11.3 Å². The molecule has 25 heavy (non-hydrogen) atoms. The number of nitrogens with zero attached hydrogens (tertiary/aromatic N) is 2. The number of carbonyl (C=O) groups is 1. The van der Waals surface area contributed by atoms with E-state index < -0.39 is 0 Å². The summed E-state index contributed by atoms with van der Waals surface area (Å²) in [5.41, 5.74) is 1.83. The molecule has 0 saturated carbocycles. The van der Waals surface area contributed by atoms with Gasteiger partial charge in [-0.3, -0.25) is 0 Å². The van der Waals surface area contributed by atoms with Crippen molar-refractivity contribution in [1.29, 1.82) is 0 Å². The first kappa shape index (κ1) is 18.1. The Bertz CT molecular complexity index is 719. The van der Waals surface area contributed by atoms with Gasteiger partial charge in [-0.05, 0) is 44.0 Å². The Morgan fingerprint density at radius 3 is 2.80 bits per heavy atom. The first-order chi connectivity index (χ1) is 12.0. The van der Waals surface area contributed by atoms with Gasteiger partial charge >= 0.3 is 6.03 Å². The van der Waals surface area contributed by atoms with E-state index in [-0.39, 0.29) is 12.1 Å². The molecule has 0 aliphatic carbocycles. The van der Waals surface area contributed by atoms with Gasteiger partial charge in [0.1, 0.15) is 0 Å². The fourth-order valence-electron chi connectivity index (χ4n) is 3.24. The summed E-state index contributed by atoms with van der Waals surface area (Å²) < 4.78 is 1.12. The summed E-state index contributed by atoms with van der Waals surface area (Å²) in [5.74, 6) is 0.427. The second-order valence-electron chi connectivity index (χ2n) is 7.10. The number of hydrogen-bond acceptors (Lipinski definition) is 4. The second-order valence-corrected chi connectivity index (χ2v) is 8.17. The van der Waals surface area contributed by atoms with Crippen LogP contribution < -0.4 is 10.6 Å². The monoisotopic (exact) mass is 360 g/mol. The summed E-state index contributed by atoms with van der Waals surface area (Å²) in [4.78, 5) is 19.4. The van der Waals surface area contributed by atoms with Crippen molar-refractivity contribution in [1.82, 2.24) is 15.2 Å².